The molecule has 0 saturated heterocycles. The maximum Gasteiger partial charge on any atom is 0.251 e. The molecule has 100 valence electrons. The van der Waals surface area contributed by atoms with Crippen LogP contribution >= 0.6 is 0 Å². The zero-order valence-corrected chi connectivity index (χ0v) is 10.7. The summed E-state index contributed by atoms with van der Waals surface area (Å²) in [5, 5.41) is 2.75. The van der Waals surface area contributed by atoms with Crippen molar-refractivity contribution in [2.45, 2.75) is 13.5 Å². The van der Waals surface area contributed by atoms with Gasteiger partial charge in [-0.2, -0.15) is 0 Å². The highest BCUT2D eigenvalue weighted by Crippen LogP contribution is 2.19. The van der Waals surface area contributed by atoms with E-state index in [4.69, 9.17) is 14.9 Å². The highest BCUT2D eigenvalue weighted by molar-refractivity contribution is 5.95. The summed E-state index contributed by atoms with van der Waals surface area (Å²) >= 11 is 0. The highest BCUT2D eigenvalue weighted by Gasteiger charge is 2.09. The first-order valence-corrected chi connectivity index (χ1v) is 6.03. The molecule has 0 aliphatic rings. The zero-order chi connectivity index (χ0) is 13.7. The first kappa shape index (κ1) is 13.0. The van der Waals surface area contributed by atoms with Crippen LogP contribution in [0, 0.1) is 0 Å². The lowest BCUT2D eigenvalue weighted by Gasteiger charge is -2.08. The maximum absolute atomic E-state index is 12.0. The lowest BCUT2D eigenvalue weighted by Crippen LogP contribution is -2.22. The molecule has 0 unspecified atom stereocenters. The van der Waals surface area contributed by atoms with Crippen molar-refractivity contribution in [3.05, 3.63) is 47.9 Å². The second-order valence-corrected chi connectivity index (χ2v) is 3.99. The Morgan fingerprint density at radius 1 is 1.42 bits per heavy atom. The summed E-state index contributed by atoms with van der Waals surface area (Å²) in [6.45, 7) is 2.74. The summed E-state index contributed by atoms with van der Waals surface area (Å²) < 4.78 is 10.5. The van der Waals surface area contributed by atoms with Gasteiger partial charge in [0.15, 0.2) is 0 Å². The number of furan rings is 1. The van der Waals surface area contributed by atoms with Crippen LogP contribution in [0.3, 0.4) is 0 Å². The first-order chi connectivity index (χ1) is 9.19. The number of anilines is 1. The second-order valence-electron chi connectivity index (χ2n) is 3.99. The van der Waals surface area contributed by atoms with Crippen molar-refractivity contribution in [2.24, 2.45) is 0 Å². The van der Waals surface area contributed by atoms with E-state index in [0.717, 1.165) is 0 Å². The molecule has 1 aromatic carbocycles. The predicted octanol–water partition coefficient (Wildman–Crippen LogP) is 2.19. The van der Waals surface area contributed by atoms with Crippen molar-refractivity contribution in [3.8, 4) is 5.75 Å². The van der Waals surface area contributed by atoms with Gasteiger partial charge < -0.3 is 20.2 Å². The van der Waals surface area contributed by atoms with Crippen LogP contribution in [0.15, 0.2) is 41.0 Å². The molecule has 0 aliphatic heterocycles. The van der Waals surface area contributed by atoms with Gasteiger partial charge in [-0.1, -0.05) is 0 Å². The number of nitrogens with two attached hydrogens (primary N) is 1. The zero-order valence-electron chi connectivity index (χ0n) is 10.7. The molecular weight excluding hydrogens is 244 g/mol. The van der Waals surface area contributed by atoms with Crippen molar-refractivity contribution in [3.63, 3.8) is 0 Å². The molecule has 0 fully saturated rings. The van der Waals surface area contributed by atoms with Gasteiger partial charge >= 0.3 is 0 Å². The predicted molar refractivity (Wildman–Crippen MR) is 71.9 cm³/mol. The Hall–Kier alpha value is -2.43. The molecule has 0 radical (unpaired) electrons. The number of nitrogen functional groups attached to an aromatic ring is 1. The number of ether oxygens (including phenoxy) is 1. The van der Waals surface area contributed by atoms with Crippen LogP contribution in [0.25, 0.3) is 0 Å². The van der Waals surface area contributed by atoms with E-state index >= 15 is 0 Å². The smallest absolute Gasteiger partial charge is 0.251 e. The van der Waals surface area contributed by atoms with Gasteiger partial charge in [0.25, 0.3) is 5.91 Å². The van der Waals surface area contributed by atoms with Crippen LogP contribution in [0.2, 0.25) is 0 Å². The number of carbonyl (C=O) groups excluding carboxylic acids is 1. The molecule has 1 aromatic heterocycles. The highest BCUT2D eigenvalue weighted by atomic mass is 16.5. The van der Waals surface area contributed by atoms with Crippen LogP contribution < -0.4 is 15.8 Å². The fraction of sp³-hybridized carbons (Fsp3) is 0.214. The molecule has 3 N–H and O–H groups in total. The van der Waals surface area contributed by atoms with E-state index in [0.29, 0.717) is 35.9 Å². The lowest BCUT2D eigenvalue weighted by atomic mass is 10.1. The van der Waals surface area contributed by atoms with E-state index in [1.54, 1.807) is 36.6 Å². The van der Waals surface area contributed by atoms with Crippen LogP contribution in [0.5, 0.6) is 5.75 Å². The van der Waals surface area contributed by atoms with Gasteiger partial charge in [0.2, 0.25) is 0 Å². The SMILES string of the molecule is CCOc1cc(N)cc(C(=O)NCc2ccco2)c1. The Labute approximate surface area is 111 Å². The maximum atomic E-state index is 12.0. The fourth-order valence-corrected chi connectivity index (χ4v) is 1.69. The molecule has 0 aliphatic carbocycles. The number of benzene rings is 1. The van der Waals surface area contributed by atoms with Crippen LogP contribution in [0.1, 0.15) is 23.0 Å². The third-order valence-electron chi connectivity index (χ3n) is 2.51. The third-order valence-corrected chi connectivity index (χ3v) is 2.51. The summed E-state index contributed by atoms with van der Waals surface area (Å²) in [4.78, 5) is 12.0. The molecule has 19 heavy (non-hydrogen) atoms. The minimum absolute atomic E-state index is 0.218. The van der Waals surface area contributed by atoms with Crippen molar-refractivity contribution in [2.75, 3.05) is 12.3 Å². The number of hydrogen-bond acceptors (Lipinski definition) is 4. The van der Waals surface area contributed by atoms with Crippen LogP contribution in [-0.4, -0.2) is 12.5 Å². The largest absolute Gasteiger partial charge is 0.494 e. The van der Waals surface area contributed by atoms with Crippen molar-refractivity contribution in [1.82, 2.24) is 5.32 Å². The van der Waals surface area contributed by atoms with Crippen LogP contribution in [-0.2, 0) is 6.54 Å². The van der Waals surface area contributed by atoms with Gasteiger partial charge in [0.1, 0.15) is 11.5 Å². The number of nitrogens with one attached hydrogen (secondary N) is 1. The molecule has 5 heteroatoms. The molecular formula is C14H16N2O3. The second kappa shape index (κ2) is 5.95. The molecule has 2 aromatic rings. The van der Waals surface area contributed by atoms with Gasteiger partial charge in [0, 0.05) is 17.3 Å². The summed E-state index contributed by atoms with van der Waals surface area (Å²) in [7, 11) is 0. The average Bonchev–Trinajstić information content (AvgIpc) is 2.88. The molecule has 0 spiro atoms. The van der Waals surface area contributed by atoms with E-state index in [1.807, 2.05) is 6.92 Å². The van der Waals surface area contributed by atoms with Crippen LogP contribution in [0.4, 0.5) is 5.69 Å². The quantitative estimate of drug-likeness (QED) is 0.808. The molecule has 0 atom stereocenters. The van der Waals surface area contributed by atoms with Crippen molar-refractivity contribution >= 4 is 11.6 Å². The van der Waals surface area contributed by atoms with E-state index in [1.165, 1.54) is 0 Å². The summed E-state index contributed by atoms with van der Waals surface area (Å²) in [5.74, 6) is 1.07. The Bertz CT molecular complexity index is 550. The van der Waals surface area contributed by atoms with Gasteiger partial charge in [0.05, 0.1) is 19.4 Å². The minimum atomic E-state index is -0.218. The van der Waals surface area contributed by atoms with Gasteiger partial charge in [-0.25, -0.2) is 0 Å². The van der Waals surface area contributed by atoms with E-state index in [2.05, 4.69) is 5.32 Å². The summed E-state index contributed by atoms with van der Waals surface area (Å²) in [6.07, 6.45) is 1.56. The van der Waals surface area contributed by atoms with Gasteiger partial charge in [-0.15, -0.1) is 0 Å². The molecule has 0 bridgehead atoms. The Morgan fingerprint density at radius 3 is 2.95 bits per heavy atom. The standard InChI is InChI=1S/C14H16N2O3/c1-2-18-13-7-10(6-11(15)8-13)14(17)16-9-12-4-3-5-19-12/h3-8H,2,9,15H2,1H3,(H,16,17). The topological polar surface area (TPSA) is 77.5 Å². The van der Waals surface area contributed by atoms with E-state index in [-0.39, 0.29) is 5.91 Å². The molecule has 5 nitrogen and oxygen atoms in total. The van der Waals surface area contributed by atoms with E-state index in [9.17, 15) is 4.79 Å². The normalized spacial score (nSPS) is 10.2. The Morgan fingerprint density at radius 2 is 2.26 bits per heavy atom. The van der Waals surface area contributed by atoms with Crippen molar-refractivity contribution in [1.29, 1.82) is 0 Å². The Kier molecular flexibility index (Phi) is 4.07. The molecule has 1 amide bonds. The molecule has 1 heterocycles. The lowest BCUT2D eigenvalue weighted by molar-refractivity contribution is 0.0947. The van der Waals surface area contributed by atoms with E-state index < -0.39 is 0 Å². The minimum Gasteiger partial charge on any atom is -0.494 e. The summed E-state index contributed by atoms with van der Waals surface area (Å²) in [6, 6.07) is 8.53. The summed E-state index contributed by atoms with van der Waals surface area (Å²) in [5.41, 5.74) is 6.70. The first-order valence-electron chi connectivity index (χ1n) is 6.03. The number of amides is 1. The van der Waals surface area contributed by atoms with Gasteiger partial charge in [-0.3, -0.25) is 4.79 Å². The Balaban J connectivity index is 2.05. The molecule has 2 rings (SSSR count). The number of carbonyl (C=O) groups is 1. The number of rotatable bonds is 5. The van der Waals surface area contributed by atoms with Crippen molar-refractivity contribution < 1.29 is 13.9 Å². The average molecular weight is 260 g/mol. The molecule has 0 saturated carbocycles. The van der Waals surface area contributed by atoms with Gasteiger partial charge in [-0.05, 0) is 31.2 Å². The fourth-order valence-electron chi connectivity index (χ4n) is 1.69. The third kappa shape index (κ3) is 3.51. The monoisotopic (exact) mass is 260 g/mol. The number of hydrogen-bond donors (Lipinski definition) is 2.